The summed E-state index contributed by atoms with van der Waals surface area (Å²) in [4.78, 5) is 55.4. The Balaban J connectivity index is 1.53. The minimum Gasteiger partial charge on any atom is -0.465 e. The molecule has 0 aliphatic heterocycles. The molecule has 3 aromatic rings. The molecule has 0 saturated carbocycles. The summed E-state index contributed by atoms with van der Waals surface area (Å²) in [5, 5.41) is 2.80. The molecule has 1 atom stereocenters. The van der Waals surface area contributed by atoms with E-state index >= 15 is 0 Å². The van der Waals surface area contributed by atoms with Crippen LogP contribution in [0.1, 0.15) is 51.4 Å². The van der Waals surface area contributed by atoms with Crippen molar-refractivity contribution in [1.82, 2.24) is 4.57 Å². The predicted molar refractivity (Wildman–Crippen MR) is 162 cm³/mol. The maximum absolute atomic E-state index is 12.9. The molecule has 1 aromatic carbocycles. The van der Waals surface area contributed by atoms with Gasteiger partial charge in [0.1, 0.15) is 16.5 Å². The summed E-state index contributed by atoms with van der Waals surface area (Å²) in [5.74, 6) is -4.47. The van der Waals surface area contributed by atoms with Crippen molar-refractivity contribution in [3.63, 3.8) is 0 Å². The lowest BCUT2D eigenvalue weighted by Crippen LogP contribution is -2.28. The number of thiophene rings is 1. The fourth-order valence-corrected chi connectivity index (χ4v) is 8.36. The molecule has 2 heterocycles. The van der Waals surface area contributed by atoms with E-state index in [1.165, 1.54) is 25.6 Å². The van der Waals surface area contributed by atoms with Crippen molar-refractivity contribution < 1.29 is 41.8 Å². The molecule has 1 aliphatic carbocycles. The molecule has 15 heteroatoms. The van der Waals surface area contributed by atoms with E-state index in [0.717, 1.165) is 34.6 Å². The first-order valence-corrected chi connectivity index (χ1v) is 17.0. The molecule has 1 N–H and O–H groups in total. The van der Waals surface area contributed by atoms with Crippen molar-refractivity contribution in [3.8, 4) is 0 Å². The Morgan fingerprint density at radius 2 is 1.84 bits per heavy atom. The maximum Gasteiger partial charge on any atom is 0.341 e. The van der Waals surface area contributed by atoms with Gasteiger partial charge < -0.3 is 24.1 Å². The Labute approximate surface area is 256 Å². The van der Waals surface area contributed by atoms with Gasteiger partial charge in [-0.05, 0) is 55.9 Å². The average Bonchev–Trinajstić information content (AvgIpc) is 3.47. The molecular formula is C28H33N3O9S3. The molecule has 1 aliphatic rings. The number of sulfone groups is 1. The van der Waals surface area contributed by atoms with Crippen LogP contribution in [0.4, 0.5) is 5.00 Å². The first kappa shape index (κ1) is 32.5. The molecule has 0 bridgehead atoms. The van der Waals surface area contributed by atoms with Crippen LogP contribution in [0.25, 0.3) is 10.2 Å². The van der Waals surface area contributed by atoms with Gasteiger partial charge in [-0.3, -0.25) is 9.59 Å². The van der Waals surface area contributed by atoms with Crippen molar-refractivity contribution >= 4 is 71.5 Å². The van der Waals surface area contributed by atoms with Crippen molar-refractivity contribution in [3.05, 3.63) is 44.6 Å². The van der Waals surface area contributed by atoms with Gasteiger partial charge in [-0.15, -0.1) is 11.3 Å². The second-order valence-corrected chi connectivity index (χ2v) is 14.2. The van der Waals surface area contributed by atoms with E-state index in [1.807, 2.05) is 6.92 Å². The number of carbonyl (C=O) groups excluding carboxylic acids is 4. The van der Waals surface area contributed by atoms with Crippen molar-refractivity contribution in [2.75, 3.05) is 44.3 Å². The zero-order chi connectivity index (χ0) is 31.3. The maximum atomic E-state index is 12.9. The lowest BCUT2D eigenvalue weighted by atomic mass is 9.88. The minimum absolute atomic E-state index is 0.225. The van der Waals surface area contributed by atoms with Gasteiger partial charge in [0.15, 0.2) is 14.6 Å². The topological polar surface area (TPSA) is 159 Å². The van der Waals surface area contributed by atoms with Gasteiger partial charge in [-0.2, -0.15) is 4.99 Å². The lowest BCUT2D eigenvalue weighted by Gasteiger charge is -2.18. The molecule has 43 heavy (non-hydrogen) atoms. The average molecular weight is 652 g/mol. The molecule has 1 unspecified atom stereocenters. The van der Waals surface area contributed by atoms with E-state index in [1.54, 1.807) is 22.8 Å². The number of nitrogens with zero attached hydrogens (tertiary/aromatic N) is 2. The lowest BCUT2D eigenvalue weighted by molar-refractivity contribution is -0.115. The number of thiazole rings is 1. The third-order valence-electron chi connectivity index (χ3n) is 6.84. The largest absolute Gasteiger partial charge is 0.465 e. The van der Waals surface area contributed by atoms with E-state index in [4.69, 9.17) is 14.2 Å². The number of methoxy groups -OCH3 is 2. The molecule has 2 amide bonds. The summed E-state index contributed by atoms with van der Waals surface area (Å²) >= 11 is 2.35. The van der Waals surface area contributed by atoms with Gasteiger partial charge >= 0.3 is 11.9 Å². The monoisotopic (exact) mass is 651 g/mol. The second-order valence-electron chi connectivity index (χ2n) is 10.0. The summed E-state index contributed by atoms with van der Waals surface area (Å²) in [6.45, 7) is 5.08. The van der Waals surface area contributed by atoms with Crippen molar-refractivity contribution in [1.29, 1.82) is 0 Å². The third kappa shape index (κ3) is 7.77. The number of hydrogen-bond donors (Lipinski definition) is 1. The van der Waals surface area contributed by atoms with Crippen LogP contribution in [-0.2, 0) is 53.0 Å². The number of esters is 2. The Hall–Kier alpha value is -3.40. The summed E-state index contributed by atoms with van der Waals surface area (Å²) < 4.78 is 43.2. The molecular weight excluding hydrogens is 619 g/mol. The summed E-state index contributed by atoms with van der Waals surface area (Å²) in [7, 11) is -1.69. The highest BCUT2D eigenvalue weighted by Crippen LogP contribution is 2.40. The number of anilines is 1. The highest BCUT2D eigenvalue weighted by Gasteiger charge is 2.30. The fourth-order valence-electron chi connectivity index (χ4n) is 4.82. The number of aromatic nitrogens is 1. The third-order valence-corrected chi connectivity index (χ3v) is 10.4. The van der Waals surface area contributed by atoms with E-state index in [0.29, 0.717) is 47.9 Å². The Bertz CT molecular complexity index is 1730. The van der Waals surface area contributed by atoms with Gasteiger partial charge in [0.25, 0.3) is 5.91 Å². The molecule has 0 saturated heterocycles. The number of amides is 2. The fraction of sp³-hybridized carbons (Fsp3) is 0.464. The van der Waals surface area contributed by atoms with Crippen molar-refractivity contribution in [2.45, 2.75) is 39.7 Å². The zero-order valence-corrected chi connectivity index (χ0v) is 26.7. The Kier molecular flexibility index (Phi) is 10.5. The second kappa shape index (κ2) is 13.9. The summed E-state index contributed by atoms with van der Waals surface area (Å²) in [6.07, 6.45) is 2.30. The normalized spacial score (nSPS) is 15.3. The van der Waals surface area contributed by atoms with Crippen LogP contribution in [0.2, 0.25) is 0 Å². The molecule has 0 fully saturated rings. The van der Waals surface area contributed by atoms with Gasteiger partial charge in [0.05, 0.1) is 42.2 Å². The number of hydrogen-bond acceptors (Lipinski definition) is 11. The number of nitrogens with one attached hydrogen (secondary N) is 1. The summed E-state index contributed by atoms with van der Waals surface area (Å²) in [5.41, 5.74) is 2.07. The van der Waals surface area contributed by atoms with Crippen LogP contribution in [0.15, 0.2) is 23.2 Å². The number of benzene rings is 1. The molecule has 0 radical (unpaired) electrons. The zero-order valence-electron chi connectivity index (χ0n) is 24.3. The van der Waals surface area contributed by atoms with E-state index in [9.17, 15) is 27.6 Å². The minimum atomic E-state index is -4.21. The van der Waals surface area contributed by atoms with E-state index in [-0.39, 0.29) is 15.4 Å². The summed E-state index contributed by atoms with van der Waals surface area (Å²) in [6, 6.07) is 4.89. The number of carbonyl (C=O) groups is 4. The molecule has 12 nitrogen and oxygen atoms in total. The predicted octanol–water partition coefficient (Wildman–Crippen LogP) is 2.98. The van der Waals surface area contributed by atoms with E-state index in [2.05, 4.69) is 17.2 Å². The van der Waals surface area contributed by atoms with Crippen LogP contribution in [0.3, 0.4) is 0 Å². The van der Waals surface area contributed by atoms with Crippen molar-refractivity contribution in [2.24, 2.45) is 10.9 Å². The first-order valence-electron chi connectivity index (χ1n) is 13.6. The van der Waals surface area contributed by atoms with Gasteiger partial charge in [-0.1, -0.05) is 18.3 Å². The highest BCUT2D eigenvalue weighted by atomic mass is 32.2. The number of fused-ring (bicyclic) bond motifs is 2. The van der Waals surface area contributed by atoms with Crippen LogP contribution >= 0.6 is 22.7 Å². The van der Waals surface area contributed by atoms with Gasteiger partial charge in [0, 0.05) is 18.0 Å². The van der Waals surface area contributed by atoms with Crippen LogP contribution in [0, 0.1) is 5.92 Å². The molecule has 4 rings (SSSR count). The Morgan fingerprint density at radius 3 is 2.53 bits per heavy atom. The smallest absolute Gasteiger partial charge is 0.341 e. The van der Waals surface area contributed by atoms with E-state index < -0.39 is 45.1 Å². The Morgan fingerprint density at radius 1 is 1.09 bits per heavy atom. The highest BCUT2D eigenvalue weighted by molar-refractivity contribution is 7.92. The molecule has 2 aromatic heterocycles. The van der Waals surface area contributed by atoms with Gasteiger partial charge in [-0.25, -0.2) is 18.0 Å². The first-order chi connectivity index (χ1) is 20.5. The van der Waals surface area contributed by atoms with Crippen LogP contribution in [-0.4, -0.2) is 75.7 Å². The van der Waals surface area contributed by atoms with Crippen LogP contribution in [0.5, 0.6) is 0 Å². The quantitative estimate of drug-likeness (QED) is 0.243. The molecule has 232 valence electrons. The SMILES string of the molecule is CCOCCn1c(=NC(=O)CS(=O)(=O)CC(=O)Nc2sc3c(c2C(=O)OC)CCC(C)C3)sc2cc(C(=O)OC)ccc21. The standard InChI is InChI=1S/C28H33N3O9S3/c1-5-40-11-10-31-19-9-7-17(26(34)38-3)13-21(19)42-28(31)30-23(33)15-43(36,37)14-22(32)29-25-24(27(35)39-4)18-8-6-16(2)12-20(18)41-25/h7,9,13,16H,5-6,8,10-12,14-15H2,1-4H3,(H,29,32). The van der Waals surface area contributed by atoms with Gasteiger partial charge in [0.2, 0.25) is 5.91 Å². The number of rotatable bonds is 11. The molecule has 0 spiro atoms. The number of ether oxygens (including phenoxy) is 3. The van der Waals surface area contributed by atoms with Crippen LogP contribution < -0.4 is 10.1 Å².